The molecule has 0 spiro atoms. The van der Waals surface area contributed by atoms with Gasteiger partial charge in [0.15, 0.2) is 0 Å². The normalized spacial score (nSPS) is 0. The van der Waals surface area contributed by atoms with E-state index in [0.717, 1.165) is 0 Å². The van der Waals surface area contributed by atoms with Gasteiger partial charge in [0.05, 0.1) is 0 Å². The zero-order chi connectivity index (χ0) is 0. The Morgan fingerprint density at radius 1 is 1.00 bits per heavy atom. The van der Waals surface area contributed by atoms with E-state index in [0.29, 0.717) is 0 Å². The maximum Gasteiger partial charge on any atom is 2.00 e. The quantitative estimate of drug-likeness (QED) is 0.395. The summed E-state index contributed by atoms with van der Waals surface area (Å²) < 4.78 is 0. The number of hydrogen-bond donors (Lipinski definition) is 0. The summed E-state index contributed by atoms with van der Waals surface area (Å²) >= 11 is 0. The molecule has 8 radical (unpaired) electrons. The summed E-state index contributed by atoms with van der Waals surface area (Å²) in [6, 6.07) is 0. The van der Waals surface area contributed by atoms with Crippen LogP contribution in [0.15, 0.2) is 0 Å². The van der Waals surface area contributed by atoms with Gasteiger partial charge in [-0.1, -0.05) is 0 Å². The standard InChI is InChI=1S/Ca.Fe.Mg.2H2O.Si/h;;;2*1H2;/q;+2;;;;/p-1. The molecular weight excluding hydrogens is 180 g/mol. The zero-order valence-corrected chi connectivity index (χ0v) is 8.94. The van der Waals surface area contributed by atoms with Crippen molar-refractivity contribution in [1.82, 2.24) is 0 Å². The van der Waals surface area contributed by atoms with Crippen molar-refractivity contribution in [2.75, 3.05) is 0 Å². The molecule has 0 bridgehead atoms. The molecule has 0 aliphatic rings. The first-order chi connectivity index (χ1) is 0. The topological polar surface area (TPSA) is 61.5 Å². The Morgan fingerprint density at radius 3 is 1.00 bits per heavy atom. The summed E-state index contributed by atoms with van der Waals surface area (Å²) in [5.74, 6) is 0. The van der Waals surface area contributed by atoms with Gasteiger partial charge in [0.1, 0.15) is 0 Å². The molecule has 0 heterocycles. The van der Waals surface area contributed by atoms with Crippen LogP contribution >= 0.6 is 0 Å². The molecule has 0 aromatic heterocycles. The third kappa shape index (κ3) is 30.0. The SMILES string of the molecule is O.[Ca].[Fe+2].[Mg].[OH-].[Si]. The minimum absolute atomic E-state index is 0. The third-order valence-electron chi connectivity index (χ3n) is 0. The van der Waals surface area contributed by atoms with Crippen molar-refractivity contribution < 1.29 is 28.0 Å². The average Bonchev–Trinajstić information content (AvgIpc) is 0. The first-order valence-electron chi connectivity index (χ1n) is 0. The van der Waals surface area contributed by atoms with Crippen LogP contribution < -0.4 is 0 Å². The Kier molecular flexibility index (Phi) is 566. The Labute approximate surface area is 98.1 Å². The molecule has 0 rings (SSSR count). The van der Waals surface area contributed by atoms with Crippen molar-refractivity contribution >= 4 is 71.8 Å². The van der Waals surface area contributed by atoms with Gasteiger partial charge >= 0.3 is 17.1 Å². The predicted octanol–water partition coefficient (Wildman–Crippen LogP) is -2.15. The van der Waals surface area contributed by atoms with Crippen LogP contribution in [0.2, 0.25) is 0 Å². The summed E-state index contributed by atoms with van der Waals surface area (Å²) in [7, 11) is 0. The van der Waals surface area contributed by atoms with E-state index in [-0.39, 0.29) is 99.8 Å². The van der Waals surface area contributed by atoms with Gasteiger partial charge in [0.2, 0.25) is 0 Å². The Balaban J connectivity index is 0. The molecule has 30 valence electrons. The molecule has 0 fully saturated rings. The second kappa shape index (κ2) is 47.7. The maximum atomic E-state index is 0. The van der Waals surface area contributed by atoms with E-state index in [1.54, 1.807) is 0 Å². The Hall–Kier alpha value is 2.68. The van der Waals surface area contributed by atoms with E-state index in [4.69, 9.17) is 0 Å². The van der Waals surface area contributed by atoms with Crippen LogP contribution in [-0.2, 0) is 17.1 Å². The fourth-order valence-electron chi connectivity index (χ4n) is 0. The molecule has 0 unspecified atom stereocenters. The summed E-state index contributed by atoms with van der Waals surface area (Å²) in [6.45, 7) is 0. The van der Waals surface area contributed by atoms with E-state index in [2.05, 4.69) is 0 Å². The molecule has 0 aromatic carbocycles. The fourth-order valence-corrected chi connectivity index (χ4v) is 0. The minimum Gasteiger partial charge on any atom is -0.870 e. The Morgan fingerprint density at radius 2 is 1.00 bits per heavy atom. The van der Waals surface area contributed by atoms with Gasteiger partial charge in [0, 0.05) is 71.8 Å². The van der Waals surface area contributed by atoms with Crippen molar-refractivity contribution in [2.24, 2.45) is 0 Å². The first kappa shape index (κ1) is 71.2. The first-order valence-corrected chi connectivity index (χ1v) is 0. The summed E-state index contributed by atoms with van der Waals surface area (Å²) in [5, 5.41) is 0. The molecule has 0 aliphatic carbocycles. The third-order valence-corrected chi connectivity index (χ3v) is 0. The molecule has 0 saturated heterocycles. The van der Waals surface area contributed by atoms with E-state index in [9.17, 15) is 0 Å². The largest absolute Gasteiger partial charge is 2.00 e. The molecule has 0 atom stereocenters. The van der Waals surface area contributed by atoms with E-state index < -0.39 is 0 Å². The van der Waals surface area contributed by atoms with Crippen molar-refractivity contribution in [1.29, 1.82) is 0 Å². The number of rotatable bonds is 0. The Bertz CT molecular complexity index is 13.5. The molecule has 2 nitrogen and oxygen atoms in total. The van der Waals surface area contributed by atoms with Crippen molar-refractivity contribution in [3.8, 4) is 0 Å². The van der Waals surface area contributed by atoms with Crippen molar-refractivity contribution in [3.63, 3.8) is 0 Å². The molecular formula is H3CaFeMgO2Si+. The molecule has 0 aromatic rings. The summed E-state index contributed by atoms with van der Waals surface area (Å²) in [5.41, 5.74) is 0. The van der Waals surface area contributed by atoms with Crippen molar-refractivity contribution in [3.05, 3.63) is 0 Å². The maximum absolute atomic E-state index is 0. The summed E-state index contributed by atoms with van der Waals surface area (Å²) in [6.07, 6.45) is 0. The van der Waals surface area contributed by atoms with Gasteiger partial charge in [-0.2, -0.15) is 0 Å². The van der Waals surface area contributed by atoms with Crippen LogP contribution in [0, 0.1) is 0 Å². The summed E-state index contributed by atoms with van der Waals surface area (Å²) in [4.78, 5) is 0. The van der Waals surface area contributed by atoms with E-state index in [1.165, 1.54) is 0 Å². The number of hydrogen-bond acceptors (Lipinski definition) is 1. The van der Waals surface area contributed by atoms with Gasteiger partial charge in [-0.3, -0.25) is 0 Å². The van der Waals surface area contributed by atoms with Crippen LogP contribution in [0.3, 0.4) is 0 Å². The van der Waals surface area contributed by atoms with Crippen molar-refractivity contribution in [2.45, 2.75) is 0 Å². The van der Waals surface area contributed by atoms with Crippen LogP contribution in [0.1, 0.15) is 0 Å². The average molecular weight is 183 g/mol. The van der Waals surface area contributed by atoms with Crippen LogP contribution in [0.25, 0.3) is 0 Å². The van der Waals surface area contributed by atoms with Gasteiger partial charge < -0.3 is 11.0 Å². The van der Waals surface area contributed by atoms with Crippen LogP contribution in [0.5, 0.6) is 0 Å². The van der Waals surface area contributed by atoms with Gasteiger partial charge in [-0.15, -0.1) is 0 Å². The van der Waals surface area contributed by atoms with Crippen LogP contribution in [-0.4, -0.2) is 82.7 Å². The molecule has 6 heteroatoms. The smallest absolute Gasteiger partial charge is 0.870 e. The minimum atomic E-state index is 0. The second-order valence-electron chi connectivity index (χ2n) is 0. The predicted molar refractivity (Wildman–Crippen MR) is 22.8 cm³/mol. The molecule has 6 heavy (non-hydrogen) atoms. The van der Waals surface area contributed by atoms with Gasteiger partial charge in [-0.25, -0.2) is 0 Å². The monoisotopic (exact) mass is 183 g/mol. The van der Waals surface area contributed by atoms with E-state index in [1.807, 2.05) is 0 Å². The molecule has 0 saturated carbocycles. The molecule has 0 aliphatic heterocycles. The molecule has 0 amide bonds. The fraction of sp³-hybridized carbons (Fsp3) is 0. The van der Waals surface area contributed by atoms with Gasteiger partial charge in [-0.05, 0) is 0 Å². The van der Waals surface area contributed by atoms with E-state index >= 15 is 0 Å². The van der Waals surface area contributed by atoms with Gasteiger partial charge in [0.25, 0.3) is 0 Å². The zero-order valence-electron chi connectivity index (χ0n) is 3.21. The second-order valence-corrected chi connectivity index (χ2v) is 0. The van der Waals surface area contributed by atoms with Crippen LogP contribution in [0.4, 0.5) is 0 Å². The molecule has 3 N–H and O–H groups in total.